The summed E-state index contributed by atoms with van der Waals surface area (Å²) in [7, 11) is 0. The Morgan fingerprint density at radius 3 is 2.33 bits per heavy atom. The highest BCUT2D eigenvalue weighted by molar-refractivity contribution is 6.34. The highest BCUT2D eigenvalue weighted by Crippen LogP contribution is 2.29. The molecule has 1 N–H and O–H groups in total. The van der Waals surface area contributed by atoms with Crippen LogP contribution < -0.4 is 5.32 Å². The van der Waals surface area contributed by atoms with Crippen LogP contribution >= 0.6 is 23.2 Å². The van der Waals surface area contributed by atoms with Crippen molar-refractivity contribution in [2.24, 2.45) is 5.92 Å². The number of rotatable bonds is 1. The second-order valence-electron chi connectivity index (χ2n) is 4.35. The van der Waals surface area contributed by atoms with E-state index in [0.717, 1.165) is 28.9 Å². The Kier molecular flexibility index (Phi) is 3.55. The second-order valence-corrected chi connectivity index (χ2v) is 5.22. The Morgan fingerprint density at radius 2 is 1.80 bits per heavy atom. The van der Waals surface area contributed by atoms with Crippen molar-refractivity contribution in [2.75, 3.05) is 6.54 Å². The number of halogens is 2. The Balaban J connectivity index is 2.15. The molecule has 1 fully saturated rings. The molecule has 2 atom stereocenters. The van der Waals surface area contributed by atoms with Gasteiger partial charge in [0.15, 0.2) is 0 Å². The van der Waals surface area contributed by atoms with Gasteiger partial charge in [-0.3, -0.25) is 0 Å². The van der Waals surface area contributed by atoms with Crippen molar-refractivity contribution < 1.29 is 0 Å². The van der Waals surface area contributed by atoms with Gasteiger partial charge in [0.1, 0.15) is 0 Å². The minimum Gasteiger partial charge on any atom is -0.310 e. The van der Waals surface area contributed by atoms with E-state index in [-0.39, 0.29) is 0 Å². The van der Waals surface area contributed by atoms with Crippen LogP contribution in [-0.2, 0) is 0 Å². The standard InChI is InChI=1S/C12H15Cl2N/c1-8-2-3-12(15-7-8)9-4-10(13)6-11(14)5-9/h4-6,8,12,15H,2-3,7H2,1H3/t8-,12+/m0/s1. The van der Waals surface area contributed by atoms with Gasteiger partial charge in [0.2, 0.25) is 0 Å². The van der Waals surface area contributed by atoms with Crippen molar-refractivity contribution >= 4 is 23.2 Å². The van der Waals surface area contributed by atoms with Crippen LogP contribution in [0.3, 0.4) is 0 Å². The average Bonchev–Trinajstić information content (AvgIpc) is 2.17. The fraction of sp³-hybridized carbons (Fsp3) is 0.500. The van der Waals surface area contributed by atoms with Gasteiger partial charge in [0.05, 0.1) is 0 Å². The van der Waals surface area contributed by atoms with E-state index in [1.165, 1.54) is 12.0 Å². The molecule has 1 aromatic rings. The molecule has 0 radical (unpaired) electrons. The summed E-state index contributed by atoms with van der Waals surface area (Å²) in [6, 6.07) is 6.19. The number of piperidine rings is 1. The Hall–Kier alpha value is -0.240. The van der Waals surface area contributed by atoms with Crippen LogP contribution in [0.5, 0.6) is 0 Å². The molecule has 0 bridgehead atoms. The lowest BCUT2D eigenvalue weighted by Crippen LogP contribution is -2.31. The zero-order valence-corrected chi connectivity index (χ0v) is 10.3. The van der Waals surface area contributed by atoms with Crippen molar-refractivity contribution in [2.45, 2.75) is 25.8 Å². The number of nitrogens with one attached hydrogen (secondary N) is 1. The molecule has 2 rings (SSSR count). The van der Waals surface area contributed by atoms with Crippen LogP contribution in [0, 0.1) is 5.92 Å². The first-order chi connectivity index (χ1) is 7.15. The monoisotopic (exact) mass is 243 g/mol. The topological polar surface area (TPSA) is 12.0 Å². The Morgan fingerprint density at radius 1 is 1.13 bits per heavy atom. The predicted molar refractivity (Wildman–Crippen MR) is 65.6 cm³/mol. The third kappa shape index (κ3) is 2.87. The van der Waals surface area contributed by atoms with Gasteiger partial charge in [-0.1, -0.05) is 30.1 Å². The molecular formula is C12H15Cl2N. The lowest BCUT2D eigenvalue weighted by atomic mass is 9.92. The molecule has 0 unspecified atom stereocenters. The third-order valence-electron chi connectivity index (χ3n) is 2.95. The molecule has 0 spiro atoms. The van der Waals surface area contributed by atoms with E-state index in [0.29, 0.717) is 6.04 Å². The summed E-state index contributed by atoms with van der Waals surface area (Å²) >= 11 is 12.0. The normalized spacial score (nSPS) is 26.6. The molecule has 15 heavy (non-hydrogen) atoms. The van der Waals surface area contributed by atoms with Crippen LogP contribution in [0.25, 0.3) is 0 Å². The zero-order valence-electron chi connectivity index (χ0n) is 8.76. The molecule has 0 aromatic heterocycles. The smallest absolute Gasteiger partial charge is 0.0424 e. The van der Waals surface area contributed by atoms with Crippen LogP contribution in [0.15, 0.2) is 18.2 Å². The van der Waals surface area contributed by atoms with Gasteiger partial charge in [0, 0.05) is 16.1 Å². The Bertz CT molecular complexity index is 323. The summed E-state index contributed by atoms with van der Waals surface area (Å²) < 4.78 is 0. The van der Waals surface area contributed by atoms with Crippen molar-refractivity contribution in [3.05, 3.63) is 33.8 Å². The van der Waals surface area contributed by atoms with Crippen molar-refractivity contribution in [1.82, 2.24) is 5.32 Å². The molecule has 1 aromatic carbocycles. The highest BCUT2D eigenvalue weighted by atomic mass is 35.5. The molecule has 1 heterocycles. The first-order valence-electron chi connectivity index (χ1n) is 5.34. The molecule has 82 valence electrons. The van der Waals surface area contributed by atoms with E-state index in [1.807, 2.05) is 12.1 Å². The second kappa shape index (κ2) is 4.73. The molecule has 0 amide bonds. The molecule has 0 aliphatic carbocycles. The van der Waals surface area contributed by atoms with E-state index in [4.69, 9.17) is 23.2 Å². The van der Waals surface area contributed by atoms with Crippen LogP contribution in [0.1, 0.15) is 31.4 Å². The minimum atomic E-state index is 0.414. The zero-order chi connectivity index (χ0) is 10.8. The number of benzene rings is 1. The first-order valence-corrected chi connectivity index (χ1v) is 6.10. The predicted octanol–water partition coefficient (Wildman–Crippen LogP) is 4.05. The minimum absolute atomic E-state index is 0.414. The maximum Gasteiger partial charge on any atom is 0.0424 e. The quantitative estimate of drug-likeness (QED) is 0.785. The van der Waals surface area contributed by atoms with Crippen LogP contribution in [0.2, 0.25) is 10.0 Å². The van der Waals surface area contributed by atoms with Gasteiger partial charge in [-0.2, -0.15) is 0 Å². The third-order valence-corrected chi connectivity index (χ3v) is 3.38. The summed E-state index contributed by atoms with van der Waals surface area (Å²) in [4.78, 5) is 0. The first kappa shape index (κ1) is 11.3. The summed E-state index contributed by atoms with van der Waals surface area (Å²) in [5.41, 5.74) is 1.21. The van der Waals surface area contributed by atoms with E-state index < -0.39 is 0 Å². The lowest BCUT2D eigenvalue weighted by Gasteiger charge is -2.28. The van der Waals surface area contributed by atoms with Gasteiger partial charge < -0.3 is 5.32 Å². The molecule has 3 heteroatoms. The van der Waals surface area contributed by atoms with E-state index in [1.54, 1.807) is 6.07 Å². The summed E-state index contributed by atoms with van der Waals surface area (Å²) in [5, 5.41) is 4.96. The van der Waals surface area contributed by atoms with Crippen molar-refractivity contribution in [1.29, 1.82) is 0 Å². The van der Waals surface area contributed by atoms with Crippen molar-refractivity contribution in [3.8, 4) is 0 Å². The van der Waals surface area contributed by atoms with E-state index in [9.17, 15) is 0 Å². The molecule has 1 saturated heterocycles. The van der Waals surface area contributed by atoms with Gasteiger partial charge >= 0.3 is 0 Å². The molecule has 0 saturated carbocycles. The summed E-state index contributed by atoms with van der Waals surface area (Å²) in [6.07, 6.45) is 2.43. The molecule has 1 nitrogen and oxygen atoms in total. The molecule has 1 aliphatic heterocycles. The number of hydrogen-bond donors (Lipinski definition) is 1. The fourth-order valence-electron chi connectivity index (χ4n) is 2.06. The molecular weight excluding hydrogens is 229 g/mol. The highest BCUT2D eigenvalue weighted by Gasteiger charge is 2.19. The maximum atomic E-state index is 5.99. The van der Waals surface area contributed by atoms with Crippen molar-refractivity contribution in [3.63, 3.8) is 0 Å². The van der Waals surface area contributed by atoms with Gasteiger partial charge in [-0.05, 0) is 49.1 Å². The van der Waals surface area contributed by atoms with Gasteiger partial charge in [0.25, 0.3) is 0 Å². The van der Waals surface area contributed by atoms with Crippen LogP contribution in [0.4, 0.5) is 0 Å². The van der Waals surface area contributed by atoms with E-state index >= 15 is 0 Å². The number of hydrogen-bond acceptors (Lipinski definition) is 1. The SMILES string of the molecule is C[C@H]1CC[C@H](c2cc(Cl)cc(Cl)c2)NC1. The van der Waals surface area contributed by atoms with Gasteiger partial charge in [-0.15, -0.1) is 0 Å². The lowest BCUT2D eigenvalue weighted by molar-refractivity contribution is 0.333. The van der Waals surface area contributed by atoms with Crippen LogP contribution in [-0.4, -0.2) is 6.54 Å². The molecule has 1 aliphatic rings. The Labute approximate surface area is 101 Å². The summed E-state index contributed by atoms with van der Waals surface area (Å²) in [5.74, 6) is 0.774. The summed E-state index contributed by atoms with van der Waals surface area (Å²) in [6.45, 7) is 3.35. The van der Waals surface area contributed by atoms with Gasteiger partial charge in [-0.25, -0.2) is 0 Å². The van der Waals surface area contributed by atoms with E-state index in [2.05, 4.69) is 12.2 Å². The fourth-order valence-corrected chi connectivity index (χ4v) is 2.60. The average molecular weight is 244 g/mol. The maximum absolute atomic E-state index is 5.99. The largest absolute Gasteiger partial charge is 0.310 e.